The Hall–Kier alpha value is -2.18. The second kappa shape index (κ2) is 5.85. The zero-order valence-electron chi connectivity index (χ0n) is 12.3. The summed E-state index contributed by atoms with van der Waals surface area (Å²) in [5.41, 5.74) is -0.880. The van der Waals surface area contributed by atoms with E-state index in [1.807, 2.05) is 0 Å². The van der Waals surface area contributed by atoms with E-state index in [9.17, 15) is 14.4 Å². The van der Waals surface area contributed by atoms with Crippen molar-refractivity contribution in [1.29, 1.82) is 0 Å². The van der Waals surface area contributed by atoms with Crippen molar-refractivity contribution in [2.45, 2.75) is 39.3 Å². The molecular formula is C13H19N3O4. The highest BCUT2D eigenvalue weighted by atomic mass is 16.6. The molecule has 0 aliphatic rings. The molecule has 7 nitrogen and oxygen atoms in total. The molecule has 0 aromatic carbocycles. The number of aryl methyl sites for hydroxylation is 1. The minimum atomic E-state index is -0.805. The van der Waals surface area contributed by atoms with Crippen molar-refractivity contribution in [2.75, 3.05) is 0 Å². The lowest BCUT2D eigenvalue weighted by molar-refractivity contribution is -0.156. The van der Waals surface area contributed by atoms with Crippen LogP contribution in [-0.2, 0) is 16.6 Å². The van der Waals surface area contributed by atoms with Crippen LogP contribution < -0.4 is 10.9 Å². The molecular weight excluding hydrogens is 262 g/mol. The Morgan fingerprint density at radius 3 is 2.45 bits per heavy atom. The Balaban J connectivity index is 2.72. The van der Waals surface area contributed by atoms with Gasteiger partial charge in [0.25, 0.3) is 11.5 Å². The molecule has 0 saturated carbocycles. The molecule has 0 aliphatic heterocycles. The number of esters is 1. The maximum absolute atomic E-state index is 11.9. The third-order valence-electron chi connectivity index (χ3n) is 2.30. The summed E-state index contributed by atoms with van der Waals surface area (Å²) >= 11 is 0. The maximum Gasteiger partial charge on any atom is 0.328 e. The third kappa shape index (κ3) is 4.49. The van der Waals surface area contributed by atoms with E-state index in [0.29, 0.717) is 0 Å². The molecule has 0 saturated heterocycles. The molecule has 1 aromatic heterocycles. The molecule has 110 valence electrons. The van der Waals surface area contributed by atoms with Crippen LogP contribution in [0, 0.1) is 0 Å². The van der Waals surface area contributed by atoms with Crippen LogP contribution in [0.5, 0.6) is 0 Å². The standard InChI is InChI=1S/C13H19N3O4/c1-8(12(19)20-13(2,3)4)14-11(18)9-6-7-10(17)16(5)15-9/h6-8H,1-5H3,(H,14,18)/t8-/m1/s1. The Kier molecular flexibility index (Phi) is 4.65. The predicted octanol–water partition coefficient (Wildman–Crippen LogP) is 0.240. The molecule has 1 aromatic rings. The van der Waals surface area contributed by atoms with E-state index in [1.54, 1.807) is 20.8 Å². The quantitative estimate of drug-likeness (QED) is 0.801. The number of ether oxygens (including phenoxy) is 1. The van der Waals surface area contributed by atoms with E-state index in [1.165, 1.54) is 26.1 Å². The van der Waals surface area contributed by atoms with Gasteiger partial charge in [-0.1, -0.05) is 0 Å². The monoisotopic (exact) mass is 281 g/mol. The first-order chi connectivity index (χ1) is 9.10. The molecule has 0 radical (unpaired) electrons. The van der Waals surface area contributed by atoms with Gasteiger partial charge >= 0.3 is 5.97 Å². The van der Waals surface area contributed by atoms with E-state index in [4.69, 9.17) is 4.74 Å². The van der Waals surface area contributed by atoms with Crippen LogP contribution in [0.15, 0.2) is 16.9 Å². The average Bonchev–Trinajstić information content (AvgIpc) is 2.30. The molecule has 0 aliphatic carbocycles. The first kappa shape index (κ1) is 15.9. The van der Waals surface area contributed by atoms with Gasteiger partial charge in [0.15, 0.2) is 0 Å². The summed E-state index contributed by atoms with van der Waals surface area (Å²) in [5, 5.41) is 6.27. The molecule has 1 amide bonds. The lowest BCUT2D eigenvalue weighted by Gasteiger charge is -2.22. The smallest absolute Gasteiger partial charge is 0.328 e. The van der Waals surface area contributed by atoms with Crippen molar-refractivity contribution in [3.8, 4) is 0 Å². The van der Waals surface area contributed by atoms with Gasteiger partial charge in [-0.25, -0.2) is 9.48 Å². The van der Waals surface area contributed by atoms with Crippen LogP contribution >= 0.6 is 0 Å². The van der Waals surface area contributed by atoms with Gasteiger partial charge in [0, 0.05) is 13.1 Å². The van der Waals surface area contributed by atoms with Crippen molar-refractivity contribution >= 4 is 11.9 Å². The fourth-order valence-electron chi connectivity index (χ4n) is 1.34. The number of carbonyl (C=O) groups is 2. The number of hydrogen-bond donors (Lipinski definition) is 1. The first-order valence-corrected chi connectivity index (χ1v) is 6.18. The molecule has 1 N–H and O–H groups in total. The second-order valence-electron chi connectivity index (χ2n) is 5.41. The van der Waals surface area contributed by atoms with Crippen LogP contribution in [0.3, 0.4) is 0 Å². The zero-order chi connectivity index (χ0) is 15.5. The summed E-state index contributed by atoms with van der Waals surface area (Å²) in [7, 11) is 1.44. The first-order valence-electron chi connectivity index (χ1n) is 6.18. The van der Waals surface area contributed by atoms with E-state index in [0.717, 1.165) is 4.68 Å². The summed E-state index contributed by atoms with van der Waals surface area (Å²) < 4.78 is 6.20. The van der Waals surface area contributed by atoms with Crippen LogP contribution in [0.4, 0.5) is 0 Å². The molecule has 0 bridgehead atoms. The number of aromatic nitrogens is 2. The van der Waals surface area contributed by atoms with Gasteiger partial charge in [-0.2, -0.15) is 5.10 Å². The minimum absolute atomic E-state index is 0.0579. The fourth-order valence-corrected chi connectivity index (χ4v) is 1.34. The Labute approximate surface area is 116 Å². The van der Waals surface area contributed by atoms with Crippen LogP contribution in [-0.4, -0.2) is 33.3 Å². The third-order valence-corrected chi connectivity index (χ3v) is 2.30. The highest BCUT2D eigenvalue weighted by Crippen LogP contribution is 2.08. The van der Waals surface area contributed by atoms with Crippen LogP contribution in [0.1, 0.15) is 38.2 Å². The topological polar surface area (TPSA) is 90.3 Å². The van der Waals surface area contributed by atoms with Crippen molar-refractivity contribution in [2.24, 2.45) is 7.05 Å². The van der Waals surface area contributed by atoms with Gasteiger partial charge < -0.3 is 10.1 Å². The van der Waals surface area contributed by atoms with Gasteiger partial charge in [0.05, 0.1) is 0 Å². The molecule has 0 fully saturated rings. The number of amides is 1. The largest absolute Gasteiger partial charge is 0.458 e. The number of hydrogen-bond acceptors (Lipinski definition) is 5. The molecule has 0 spiro atoms. The van der Waals surface area contributed by atoms with Crippen molar-refractivity contribution in [1.82, 2.24) is 15.1 Å². The van der Waals surface area contributed by atoms with E-state index in [2.05, 4.69) is 10.4 Å². The summed E-state index contributed by atoms with van der Waals surface area (Å²) in [5.74, 6) is -1.07. The SMILES string of the molecule is C[C@@H](NC(=O)c1ccc(=O)n(C)n1)C(=O)OC(C)(C)C. The predicted molar refractivity (Wildman–Crippen MR) is 72.3 cm³/mol. The zero-order valence-corrected chi connectivity index (χ0v) is 12.3. The molecule has 0 unspecified atom stereocenters. The second-order valence-corrected chi connectivity index (χ2v) is 5.41. The van der Waals surface area contributed by atoms with Gasteiger partial charge in [0.1, 0.15) is 17.3 Å². The molecule has 20 heavy (non-hydrogen) atoms. The molecule has 1 atom stereocenters. The Morgan fingerprint density at radius 1 is 1.35 bits per heavy atom. The molecule has 1 rings (SSSR count). The van der Waals surface area contributed by atoms with Crippen molar-refractivity contribution < 1.29 is 14.3 Å². The summed E-state index contributed by atoms with van der Waals surface area (Å²) in [6.07, 6.45) is 0. The number of nitrogens with one attached hydrogen (secondary N) is 1. The van der Waals surface area contributed by atoms with Gasteiger partial charge in [-0.15, -0.1) is 0 Å². The van der Waals surface area contributed by atoms with Crippen molar-refractivity contribution in [3.63, 3.8) is 0 Å². The maximum atomic E-state index is 11.9. The van der Waals surface area contributed by atoms with Gasteiger partial charge in [-0.3, -0.25) is 9.59 Å². The number of rotatable bonds is 3. The van der Waals surface area contributed by atoms with Crippen LogP contribution in [0.25, 0.3) is 0 Å². The van der Waals surface area contributed by atoms with E-state index >= 15 is 0 Å². The lowest BCUT2D eigenvalue weighted by atomic mass is 10.2. The molecule has 1 heterocycles. The van der Waals surface area contributed by atoms with Gasteiger partial charge in [0.2, 0.25) is 0 Å². The fraction of sp³-hybridized carbons (Fsp3) is 0.538. The number of carbonyl (C=O) groups excluding carboxylic acids is 2. The highest BCUT2D eigenvalue weighted by Gasteiger charge is 2.23. The normalized spacial score (nSPS) is 12.7. The minimum Gasteiger partial charge on any atom is -0.458 e. The van der Waals surface area contributed by atoms with E-state index in [-0.39, 0.29) is 11.3 Å². The summed E-state index contributed by atoms with van der Waals surface area (Å²) in [6, 6.07) is 1.74. The average molecular weight is 281 g/mol. The number of nitrogens with zero attached hydrogens (tertiary/aromatic N) is 2. The van der Waals surface area contributed by atoms with Crippen molar-refractivity contribution in [3.05, 3.63) is 28.2 Å². The summed E-state index contributed by atoms with van der Waals surface area (Å²) in [4.78, 5) is 34.8. The highest BCUT2D eigenvalue weighted by molar-refractivity contribution is 5.94. The Bertz CT molecular complexity index is 572. The summed E-state index contributed by atoms with van der Waals surface area (Å²) in [6.45, 7) is 6.75. The Morgan fingerprint density at radius 2 is 1.95 bits per heavy atom. The lowest BCUT2D eigenvalue weighted by Crippen LogP contribution is -2.42. The molecule has 7 heteroatoms. The van der Waals surface area contributed by atoms with Crippen LogP contribution in [0.2, 0.25) is 0 Å². The van der Waals surface area contributed by atoms with Gasteiger partial charge in [-0.05, 0) is 33.8 Å². The van der Waals surface area contributed by atoms with E-state index < -0.39 is 23.5 Å².